The molecule has 0 saturated heterocycles. The zero-order valence-electron chi connectivity index (χ0n) is 9.61. The molecule has 2 rings (SSSR count). The van der Waals surface area contributed by atoms with Crippen molar-refractivity contribution in [1.29, 1.82) is 0 Å². The zero-order valence-corrected chi connectivity index (χ0v) is 9.61. The van der Waals surface area contributed by atoms with Crippen LogP contribution in [0.15, 0.2) is 60.7 Å². The molecule has 0 radical (unpaired) electrons. The van der Waals surface area contributed by atoms with Gasteiger partial charge in [-0.25, -0.2) is 8.78 Å². The molecule has 0 N–H and O–H groups in total. The fraction of sp³-hybridized carbons (Fsp3) is 0.200. The Kier molecular flexibility index (Phi) is 3.23. The normalized spacial score (nSPS) is 13.4. The third-order valence-electron chi connectivity index (χ3n) is 2.94. The Morgan fingerprint density at radius 3 is 1.47 bits per heavy atom. The molecule has 0 spiro atoms. The lowest BCUT2D eigenvalue weighted by atomic mass is 9.85. The van der Waals surface area contributed by atoms with Gasteiger partial charge < -0.3 is 0 Å². The molecule has 17 heavy (non-hydrogen) atoms. The molecule has 1 unspecified atom stereocenters. The second-order valence-electron chi connectivity index (χ2n) is 4.06. The Morgan fingerprint density at radius 1 is 0.824 bits per heavy atom. The number of benzene rings is 2. The van der Waals surface area contributed by atoms with E-state index in [-0.39, 0.29) is 0 Å². The van der Waals surface area contributed by atoms with E-state index in [1.165, 1.54) is 6.92 Å². The van der Waals surface area contributed by atoms with E-state index in [1.807, 2.05) is 0 Å². The largest absolute Gasteiger partial charge is 0.243 e. The van der Waals surface area contributed by atoms with E-state index >= 15 is 4.39 Å². The maximum Gasteiger partial charge on any atom is 0.191 e. The van der Waals surface area contributed by atoms with Crippen LogP contribution in [0.25, 0.3) is 0 Å². The van der Waals surface area contributed by atoms with Gasteiger partial charge in [0.2, 0.25) is 0 Å². The van der Waals surface area contributed by atoms with Gasteiger partial charge in [-0.3, -0.25) is 0 Å². The Bertz CT molecular complexity index is 423. The van der Waals surface area contributed by atoms with E-state index in [2.05, 4.69) is 0 Å². The van der Waals surface area contributed by atoms with Crippen LogP contribution in [0.3, 0.4) is 0 Å². The number of hydrogen-bond donors (Lipinski definition) is 0. The molecule has 0 saturated carbocycles. The van der Waals surface area contributed by atoms with Crippen molar-refractivity contribution in [1.82, 2.24) is 0 Å². The molecule has 0 amide bonds. The Hall–Kier alpha value is -1.70. The molecular weight excluding hydrogens is 218 g/mol. The zero-order chi connectivity index (χ0) is 12.3. The smallest absolute Gasteiger partial charge is 0.191 e. The molecule has 2 aromatic rings. The Morgan fingerprint density at radius 2 is 1.18 bits per heavy atom. The summed E-state index contributed by atoms with van der Waals surface area (Å²) in [5.74, 6) is 0. The summed E-state index contributed by atoms with van der Waals surface area (Å²) >= 11 is 0. The first-order valence-electron chi connectivity index (χ1n) is 5.59. The molecular formula is C15H14F2. The summed E-state index contributed by atoms with van der Waals surface area (Å²) in [5.41, 5.74) is -1.38. The van der Waals surface area contributed by atoms with Crippen molar-refractivity contribution in [3.63, 3.8) is 0 Å². The first kappa shape index (κ1) is 11.8. The lowest BCUT2D eigenvalue weighted by Crippen LogP contribution is -2.31. The maximum absolute atomic E-state index is 15.0. The van der Waals surface area contributed by atoms with Crippen LogP contribution in [0.5, 0.6) is 0 Å². The van der Waals surface area contributed by atoms with Gasteiger partial charge in [0.15, 0.2) is 5.67 Å². The summed E-state index contributed by atoms with van der Waals surface area (Å²) < 4.78 is 28.8. The van der Waals surface area contributed by atoms with Gasteiger partial charge in [-0.15, -0.1) is 0 Å². The van der Waals surface area contributed by atoms with Crippen LogP contribution >= 0.6 is 0 Å². The number of halogens is 2. The quantitative estimate of drug-likeness (QED) is 0.741. The molecule has 0 heterocycles. The fourth-order valence-electron chi connectivity index (χ4n) is 1.99. The molecule has 1 atom stereocenters. The van der Waals surface area contributed by atoms with E-state index in [0.29, 0.717) is 11.1 Å². The van der Waals surface area contributed by atoms with Crippen molar-refractivity contribution >= 4 is 0 Å². The van der Waals surface area contributed by atoms with Gasteiger partial charge in [-0.05, 0) is 18.1 Å². The van der Waals surface area contributed by atoms with Crippen LogP contribution < -0.4 is 0 Å². The first-order chi connectivity index (χ1) is 8.15. The minimum absolute atomic E-state index is 0.348. The predicted octanol–water partition coefficient (Wildman–Crippen LogP) is 4.26. The molecule has 2 heteroatoms. The topological polar surface area (TPSA) is 0 Å². The van der Waals surface area contributed by atoms with Gasteiger partial charge in [0.1, 0.15) is 6.17 Å². The molecule has 0 aliphatic heterocycles. The highest BCUT2D eigenvalue weighted by atomic mass is 19.2. The van der Waals surface area contributed by atoms with Crippen LogP contribution in [0, 0.1) is 0 Å². The van der Waals surface area contributed by atoms with Crippen molar-refractivity contribution in [2.24, 2.45) is 0 Å². The average molecular weight is 232 g/mol. The molecule has 88 valence electrons. The second kappa shape index (κ2) is 4.66. The highest BCUT2D eigenvalue weighted by Gasteiger charge is 2.40. The number of hydrogen-bond acceptors (Lipinski definition) is 0. The molecule has 0 aliphatic rings. The molecule has 0 aliphatic carbocycles. The van der Waals surface area contributed by atoms with Crippen LogP contribution in [-0.4, -0.2) is 6.17 Å². The highest BCUT2D eigenvalue weighted by Crippen LogP contribution is 2.38. The van der Waals surface area contributed by atoms with E-state index in [0.717, 1.165) is 0 Å². The van der Waals surface area contributed by atoms with Gasteiger partial charge in [-0.1, -0.05) is 60.7 Å². The Labute approximate surface area is 99.9 Å². The van der Waals surface area contributed by atoms with Gasteiger partial charge in [-0.2, -0.15) is 0 Å². The van der Waals surface area contributed by atoms with Crippen molar-refractivity contribution in [3.8, 4) is 0 Å². The van der Waals surface area contributed by atoms with E-state index in [9.17, 15) is 4.39 Å². The first-order valence-corrected chi connectivity index (χ1v) is 5.59. The van der Waals surface area contributed by atoms with Gasteiger partial charge in [0.05, 0.1) is 0 Å². The van der Waals surface area contributed by atoms with Gasteiger partial charge in [0.25, 0.3) is 0 Å². The molecule has 0 nitrogen and oxygen atoms in total. The predicted molar refractivity (Wildman–Crippen MR) is 65.3 cm³/mol. The van der Waals surface area contributed by atoms with Gasteiger partial charge >= 0.3 is 0 Å². The van der Waals surface area contributed by atoms with E-state index < -0.39 is 11.8 Å². The number of alkyl halides is 2. The summed E-state index contributed by atoms with van der Waals surface area (Å²) in [6.07, 6.45) is -1.60. The van der Waals surface area contributed by atoms with Crippen molar-refractivity contribution in [2.45, 2.75) is 18.8 Å². The number of rotatable bonds is 3. The lowest BCUT2D eigenvalue weighted by molar-refractivity contribution is 0.0988. The molecule has 0 fully saturated rings. The molecule has 0 aromatic heterocycles. The summed E-state index contributed by atoms with van der Waals surface area (Å²) in [6.45, 7) is 1.25. The van der Waals surface area contributed by atoms with Crippen LogP contribution in [0.2, 0.25) is 0 Å². The minimum atomic E-state index is -2.08. The average Bonchev–Trinajstić information content (AvgIpc) is 2.39. The Balaban J connectivity index is 2.55. The van der Waals surface area contributed by atoms with Crippen molar-refractivity contribution < 1.29 is 8.78 Å². The van der Waals surface area contributed by atoms with Crippen molar-refractivity contribution in [3.05, 3.63) is 71.8 Å². The third kappa shape index (κ3) is 2.07. The van der Waals surface area contributed by atoms with E-state index in [1.54, 1.807) is 60.7 Å². The SMILES string of the molecule is CC(F)C(F)(c1ccccc1)c1ccccc1. The summed E-state index contributed by atoms with van der Waals surface area (Å²) in [5, 5.41) is 0. The summed E-state index contributed by atoms with van der Waals surface area (Å²) in [7, 11) is 0. The molecule has 2 aromatic carbocycles. The highest BCUT2D eigenvalue weighted by molar-refractivity contribution is 5.37. The maximum atomic E-state index is 15.0. The van der Waals surface area contributed by atoms with Crippen LogP contribution in [-0.2, 0) is 5.67 Å². The monoisotopic (exact) mass is 232 g/mol. The lowest BCUT2D eigenvalue weighted by Gasteiger charge is -2.27. The summed E-state index contributed by atoms with van der Waals surface area (Å²) in [6, 6.07) is 16.9. The van der Waals surface area contributed by atoms with Crippen LogP contribution in [0.4, 0.5) is 8.78 Å². The second-order valence-corrected chi connectivity index (χ2v) is 4.06. The molecule has 0 bridgehead atoms. The fourth-order valence-corrected chi connectivity index (χ4v) is 1.99. The van der Waals surface area contributed by atoms with Crippen LogP contribution in [0.1, 0.15) is 18.1 Å². The van der Waals surface area contributed by atoms with Gasteiger partial charge in [0, 0.05) is 0 Å². The van der Waals surface area contributed by atoms with Crippen molar-refractivity contribution in [2.75, 3.05) is 0 Å². The standard InChI is InChI=1S/C15H14F2/c1-12(16)15(17,13-8-4-2-5-9-13)14-10-6-3-7-11-14/h2-12H,1H3. The summed E-state index contributed by atoms with van der Waals surface area (Å²) in [4.78, 5) is 0. The minimum Gasteiger partial charge on any atom is -0.243 e. The van der Waals surface area contributed by atoms with E-state index in [4.69, 9.17) is 0 Å². The third-order valence-corrected chi connectivity index (χ3v) is 2.94.